The van der Waals surface area contributed by atoms with Crippen molar-refractivity contribution in [3.63, 3.8) is 0 Å². The number of methoxy groups -OCH3 is 1. The van der Waals surface area contributed by atoms with Gasteiger partial charge in [0.1, 0.15) is 5.75 Å². The van der Waals surface area contributed by atoms with Gasteiger partial charge in [0, 0.05) is 37.1 Å². The monoisotopic (exact) mass is 360 g/mol. The Hall–Kier alpha value is -2.12. The van der Waals surface area contributed by atoms with Gasteiger partial charge in [-0.2, -0.15) is 0 Å². The number of carbonyl (C=O) groups excluding carboxylic acids is 1. The van der Waals surface area contributed by atoms with Gasteiger partial charge in [0.05, 0.1) is 19.3 Å². The van der Waals surface area contributed by atoms with Crippen molar-refractivity contribution < 1.29 is 9.53 Å². The molecule has 1 aliphatic heterocycles. The number of ether oxygens (including phenoxy) is 1. The first-order valence-electron chi connectivity index (χ1n) is 8.58. The molecule has 0 spiro atoms. The fraction of sp³-hybridized carbons (Fsp3) is 0.444. The molecule has 1 saturated heterocycles. The topological polar surface area (TPSA) is 66.5 Å². The van der Waals surface area contributed by atoms with E-state index in [0.29, 0.717) is 6.54 Å². The molecule has 0 saturated carbocycles. The van der Waals surface area contributed by atoms with E-state index in [2.05, 4.69) is 15.6 Å². The van der Waals surface area contributed by atoms with E-state index in [0.717, 1.165) is 61.2 Å². The summed E-state index contributed by atoms with van der Waals surface area (Å²) in [5, 5.41) is 9.41. The van der Waals surface area contributed by atoms with Gasteiger partial charge in [-0.15, -0.1) is 11.3 Å². The second-order valence-corrected chi connectivity index (χ2v) is 6.82. The van der Waals surface area contributed by atoms with Crippen LogP contribution in [0.4, 0.5) is 5.13 Å². The molecule has 1 amide bonds. The lowest BCUT2D eigenvalue weighted by molar-refractivity contribution is -0.129. The van der Waals surface area contributed by atoms with Crippen molar-refractivity contribution in [1.82, 2.24) is 15.2 Å². The third-order valence-electron chi connectivity index (χ3n) is 4.20. The van der Waals surface area contributed by atoms with Crippen LogP contribution in [0.25, 0.3) is 11.3 Å². The lowest BCUT2D eigenvalue weighted by Gasteiger charge is -2.15. The van der Waals surface area contributed by atoms with Crippen molar-refractivity contribution in [2.24, 2.45) is 0 Å². The molecule has 134 valence electrons. The zero-order valence-electron chi connectivity index (χ0n) is 14.5. The highest BCUT2D eigenvalue weighted by molar-refractivity contribution is 7.14. The minimum Gasteiger partial charge on any atom is -0.497 e. The molecule has 7 heteroatoms. The molecule has 2 N–H and O–H groups in total. The fourth-order valence-corrected chi connectivity index (χ4v) is 3.53. The van der Waals surface area contributed by atoms with Gasteiger partial charge in [-0.3, -0.25) is 4.79 Å². The summed E-state index contributed by atoms with van der Waals surface area (Å²) in [4.78, 5) is 18.4. The molecule has 0 bridgehead atoms. The molecular formula is C18H24N4O2S. The van der Waals surface area contributed by atoms with Gasteiger partial charge in [0.15, 0.2) is 5.13 Å². The third kappa shape index (κ3) is 4.93. The Morgan fingerprint density at radius 2 is 2.00 bits per heavy atom. The summed E-state index contributed by atoms with van der Waals surface area (Å²) in [5.74, 6) is 1.04. The van der Waals surface area contributed by atoms with Crippen LogP contribution >= 0.6 is 11.3 Å². The normalized spacial score (nSPS) is 13.9. The summed E-state index contributed by atoms with van der Waals surface area (Å²) in [7, 11) is 1.66. The Balaban J connectivity index is 1.38. The highest BCUT2D eigenvalue weighted by Crippen LogP contribution is 2.26. The van der Waals surface area contributed by atoms with Crippen molar-refractivity contribution in [2.45, 2.75) is 12.8 Å². The van der Waals surface area contributed by atoms with Gasteiger partial charge in [0.2, 0.25) is 5.91 Å². The summed E-state index contributed by atoms with van der Waals surface area (Å²) in [6.45, 7) is 3.70. The Bertz CT molecular complexity index is 681. The molecule has 1 fully saturated rings. The van der Waals surface area contributed by atoms with Gasteiger partial charge in [-0.1, -0.05) is 0 Å². The van der Waals surface area contributed by atoms with E-state index < -0.39 is 0 Å². The maximum absolute atomic E-state index is 11.9. The SMILES string of the molecule is COc1ccc(-c2csc(NCCNCC(=O)N3CCCC3)n2)cc1. The number of nitrogens with one attached hydrogen (secondary N) is 2. The average Bonchev–Trinajstić information content (AvgIpc) is 3.33. The molecule has 0 aliphatic carbocycles. The number of anilines is 1. The van der Waals surface area contributed by atoms with Crippen molar-refractivity contribution in [1.29, 1.82) is 0 Å². The molecule has 0 radical (unpaired) electrons. The number of amides is 1. The number of hydrogen-bond donors (Lipinski definition) is 2. The molecule has 3 rings (SSSR count). The van der Waals surface area contributed by atoms with Crippen molar-refractivity contribution in [3.8, 4) is 17.0 Å². The molecular weight excluding hydrogens is 336 g/mol. The van der Waals surface area contributed by atoms with Crippen LogP contribution in [0.3, 0.4) is 0 Å². The van der Waals surface area contributed by atoms with E-state index in [1.165, 1.54) is 0 Å². The number of likely N-dealkylation sites (tertiary alicyclic amines) is 1. The quantitative estimate of drug-likeness (QED) is 0.708. The molecule has 0 unspecified atom stereocenters. The highest BCUT2D eigenvalue weighted by Gasteiger charge is 2.16. The number of carbonyl (C=O) groups is 1. The lowest BCUT2D eigenvalue weighted by atomic mass is 10.2. The summed E-state index contributed by atoms with van der Waals surface area (Å²) < 4.78 is 5.17. The van der Waals surface area contributed by atoms with Crippen LogP contribution in [0.1, 0.15) is 12.8 Å². The Kier molecular flexibility index (Phi) is 6.25. The standard InChI is InChI=1S/C18H24N4O2S/c1-24-15-6-4-14(5-7-15)16-13-25-18(21-16)20-9-8-19-12-17(23)22-10-2-3-11-22/h4-7,13,19H,2-3,8-12H2,1H3,(H,20,21). The summed E-state index contributed by atoms with van der Waals surface area (Å²) in [6, 6.07) is 7.87. The maximum atomic E-state index is 11.9. The van der Waals surface area contributed by atoms with Crippen molar-refractivity contribution >= 4 is 22.4 Å². The molecule has 1 aromatic heterocycles. The van der Waals surface area contributed by atoms with Crippen LogP contribution in [-0.2, 0) is 4.79 Å². The van der Waals surface area contributed by atoms with E-state index in [1.54, 1.807) is 18.4 Å². The number of nitrogens with zero attached hydrogens (tertiary/aromatic N) is 2. The Morgan fingerprint density at radius 1 is 1.24 bits per heavy atom. The Labute approximate surface area is 152 Å². The van der Waals surface area contributed by atoms with E-state index in [4.69, 9.17) is 4.74 Å². The molecule has 1 aromatic carbocycles. The number of hydrogen-bond acceptors (Lipinski definition) is 6. The van der Waals surface area contributed by atoms with Gasteiger partial charge >= 0.3 is 0 Å². The number of rotatable bonds is 8. The van der Waals surface area contributed by atoms with E-state index >= 15 is 0 Å². The summed E-state index contributed by atoms with van der Waals surface area (Å²) >= 11 is 1.58. The minimum absolute atomic E-state index is 0.202. The van der Waals surface area contributed by atoms with Crippen LogP contribution in [0.5, 0.6) is 5.75 Å². The van der Waals surface area contributed by atoms with Crippen molar-refractivity contribution in [2.75, 3.05) is 45.2 Å². The minimum atomic E-state index is 0.202. The van der Waals surface area contributed by atoms with Gasteiger partial charge in [0.25, 0.3) is 0 Å². The lowest BCUT2D eigenvalue weighted by Crippen LogP contribution is -2.37. The first kappa shape index (κ1) is 17.7. The van der Waals surface area contributed by atoms with E-state index in [1.807, 2.05) is 34.5 Å². The largest absolute Gasteiger partial charge is 0.497 e. The third-order valence-corrected chi connectivity index (χ3v) is 5.00. The second kappa shape index (κ2) is 8.82. The second-order valence-electron chi connectivity index (χ2n) is 5.96. The Morgan fingerprint density at radius 3 is 2.72 bits per heavy atom. The fourth-order valence-electron chi connectivity index (χ4n) is 2.78. The molecule has 0 atom stereocenters. The molecule has 25 heavy (non-hydrogen) atoms. The van der Waals surface area contributed by atoms with Crippen LogP contribution in [0.2, 0.25) is 0 Å². The van der Waals surface area contributed by atoms with Crippen LogP contribution < -0.4 is 15.4 Å². The van der Waals surface area contributed by atoms with Crippen LogP contribution in [0.15, 0.2) is 29.6 Å². The molecule has 2 heterocycles. The maximum Gasteiger partial charge on any atom is 0.236 e. The molecule has 1 aliphatic rings. The predicted molar refractivity (Wildman–Crippen MR) is 101 cm³/mol. The molecule has 2 aromatic rings. The summed E-state index contributed by atoms with van der Waals surface area (Å²) in [5.41, 5.74) is 2.02. The van der Waals surface area contributed by atoms with E-state index in [-0.39, 0.29) is 5.91 Å². The van der Waals surface area contributed by atoms with Gasteiger partial charge in [-0.25, -0.2) is 4.98 Å². The summed E-state index contributed by atoms with van der Waals surface area (Å²) in [6.07, 6.45) is 2.27. The molecule has 6 nitrogen and oxygen atoms in total. The number of aromatic nitrogens is 1. The van der Waals surface area contributed by atoms with Gasteiger partial charge in [-0.05, 0) is 37.1 Å². The number of thiazole rings is 1. The zero-order chi connectivity index (χ0) is 17.5. The van der Waals surface area contributed by atoms with E-state index in [9.17, 15) is 4.79 Å². The van der Waals surface area contributed by atoms with Crippen LogP contribution in [-0.4, -0.2) is 55.6 Å². The first-order chi connectivity index (χ1) is 12.3. The van der Waals surface area contributed by atoms with Crippen LogP contribution in [0, 0.1) is 0 Å². The first-order valence-corrected chi connectivity index (χ1v) is 9.46. The number of benzene rings is 1. The predicted octanol–water partition coefficient (Wildman–Crippen LogP) is 2.44. The zero-order valence-corrected chi connectivity index (χ0v) is 15.3. The van der Waals surface area contributed by atoms with Crippen molar-refractivity contribution in [3.05, 3.63) is 29.6 Å². The highest BCUT2D eigenvalue weighted by atomic mass is 32.1. The van der Waals surface area contributed by atoms with Gasteiger partial charge < -0.3 is 20.3 Å². The smallest absolute Gasteiger partial charge is 0.236 e. The average molecular weight is 360 g/mol.